The van der Waals surface area contributed by atoms with Crippen LogP contribution >= 0.6 is 0 Å². The van der Waals surface area contributed by atoms with Gasteiger partial charge in [0.05, 0.1) is 40.8 Å². The van der Waals surface area contributed by atoms with Crippen LogP contribution in [-0.2, 0) is 4.74 Å². The maximum Gasteiger partial charge on any atom is 0.258 e. The van der Waals surface area contributed by atoms with Crippen LogP contribution in [-0.4, -0.2) is 35.8 Å². The van der Waals surface area contributed by atoms with Crippen molar-refractivity contribution >= 4 is 22.3 Å². The highest BCUT2D eigenvalue weighted by Gasteiger charge is 2.29. The van der Waals surface area contributed by atoms with Crippen LogP contribution in [0.15, 0.2) is 23.3 Å². The fourth-order valence-corrected chi connectivity index (χ4v) is 2.83. The number of ether oxygens (including phenoxy) is 1. The molecule has 1 aliphatic rings. The quantitative estimate of drug-likeness (QED) is 0.802. The van der Waals surface area contributed by atoms with Gasteiger partial charge in [-0.15, -0.1) is 0 Å². The summed E-state index contributed by atoms with van der Waals surface area (Å²) < 4.78 is 5.60. The van der Waals surface area contributed by atoms with Gasteiger partial charge in [0.25, 0.3) is 5.56 Å². The van der Waals surface area contributed by atoms with Gasteiger partial charge in [-0.3, -0.25) is 4.79 Å². The molecule has 20 heavy (non-hydrogen) atoms. The molecule has 3 rings (SSSR count). The summed E-state index contributed by atoms with van der Waals surface area (Å²) in [7, 11) is 2.00. The molecule has 0 aliphatic carbocycles. The molecule has 1 aliphatic heterocycles. The van der Waals surface area contributed by atoms with Crippen molar-refractivity contribution < 1.29 is 4.74 Å². The number of benzene rings is 1. The largest absolute Gasteiger partial charge is 0.397 e. The molecule has 0 bridgehead atoms. The fourth-order valence-electron chi connectivity index (χ4n) is 2.83. The Morgan fingerprint density at radius 2 is 2.30 bits per heavy atom. The molecule has 6 heteroatoms. The van der Waals surface area contributed by atoms with E-state index in [9.17, 15) is 4.79 Å². The van der Waals surface area contributed by atoms with Crippen LogP contribution in [0.3, 0.4) is 0 Å². The number of nitrogens with one attached hydrogen (secondary N) is 1. The minimum atomic E-state index is -0.173. The summed E-state index contributed by atoms with van der Waals surface area (Å²) in [6, 6.07) is 3.84. The number of fused-ring (bicyclic) bond motifs is 1. The van der Waals surface area contributed by atoms with Crippen LogP contribution < -0.4 is 16.2 Å². The molecular weight excluding hydrogens is 256 g/mol. The summed E-state index contributed by atoms with van der Waals surface area (Å²) in [6.45, 7) is 2.83. The number of hydrogen-bond acceptors (Lipinski definition) is 5. The number of hydrogen-bond donors (Lipinski definition) is 2. The lowest BCUT2D eigenvalue weighted by molar-refractivity contribution is 0.118. The van der Waals surface area contributed by atoms with Crippen LogP contribution in [0.1, 0.15) is 13.3 Å². The molecule has 106 valence electrons. The molecule has 1 aromatic carbocycles. The highest BCUT2D eigenvalue weighted by Crippen LogP contribution is 2.30. The number of likely N-dealkylation sites (N-methyl/N-ethyl adjacent to an activating group) is 1. The molecule has 0 amide bonds. The standard InChI is InChI=1S/C14H18N4O2/c1-8-12(3-4-20-8)18(2)13-6-11-9(5-10(13)15)14(19)17-7-16-11/h5-8,12H,3-4,15H2,1-2H3,(H,16,17,19). The molecule has 0 spiro atoms. The van der Waals surface area contributed by atoms with E-state index in [-0.39, 0.29) is 17.7 Å². The second-order valence-corrected chi connectivity index (χ2v) is 5.20. The Morgan fingerprint density at radius 1 is 1.50 bits per heavy atom. The highest BCUT2D eigenvalue weighted by molar-refractivity contribution is 5.88. The number of nitrogens with zero attached hydrogens (tertiary/aromatic N) is 2. The summed E-state index contributed by atoms with van der Waals surface area (Å²) in [5.74, 6) is 0. The Bertz CT molecular complexity index is 697. The van der Waals surface area contributed by atoms with Gasteiger partial charge in [0, 0.05) is 13.7 Å². The number of nitrogens with two attached hydrogens (primary N) is 1. The van der Waals surface area contributed by atoms with Crippen molar-refractivity contribution in [3.63, 3.8) is 0 Å². The second-order valence-electron chi connectivity index (χ2n) is 5.20. The smallest absolute Gasteiger partial charge is 0.258 e. The minimum Gasteiger partial charge on any atom is -0.397 e. The van der Waals surface area contributed by atoms with Gasteiger partial charge in [0.1, 0.15) is 0 Å². The Balaban J connectivity index is 2.07. The first-order valence-electron chi connectivity index (χ1n) is 6.69. The van der Waals surface area contributed by atoms with Crippen molar-refractivity contribution in [2.45, 2.75) is 25.5 Å². The van der Waals surface area contributed by atoms with Crippen LogP contribution in [0.2, 0.25) is 0 Å². The van der Waals surface area contributed by atoms with E-state index in [0.29, 0.717) is 16.6 Å². The van der Waals surface area contributed by atoms with Crippen LogP contribution in [0, 0.1) is 0 Å². The van der Waals surface area contributed by atoms with Crippen LogP contribution in [0.25, 0.3) is 10.9 Å². The normalized spacial score (nSPS) is 22.3. The molecular formula is C14H18N4O2. The number of nitrogen functional groups attached to an aromatic ring is 1. The topological polar surface area (TPSA) is 84.2 Å². The lowest BCUT2D eigenvalue weighted by atomic mass is 10.1. The third-order valence-corrected chi connectivity index (χ3v) is 4.00. The van der Waals surface area contributed by atoms with Crippen molar-refractivity contribution in [1.82, 2.24) is 9.97 Å². The predicted octanol–water partition coefficient (Wildman–Crippen LogP) is 1.12. The molecule has 1 fully saturated rings. The van der Waals surface area contributed by atoms with Crippen molar-refractivity contribution in [3.05, 3.63) is 28.8 Å². The van der Waals surface area contributed by atoms with E-state index in [2.05, 4.69) is 21.8 Å². The summed E-state index contributed by atoms with van der Waals surface area (Å²) in [4.78, 5) is 20.6. The first kappa shape index (κ1) is 12.9. The molecule has 3 N–H and O–H groups in total. The van der Waals surface area contributed by atoms with Gasteiger partial charge >= 0.3 is 0 Å². The van der Waals surface area contributed by atoms with Crippen LogP contribution in [0.5, 0.6) is 0 Å². The van der Waals surface area contributed by atoms with E-state index in [1.54, 1.807) is 6.07 Å². The monoisotopic (exact) mass is 274 g/mol. The minimum absolute atomic E-state index is 0.169. The Morgan fingerprint density at radius 3 is 3.00 bits per heavy atom. The summed E-state index contributed by atoms with van der Waals surface area (Å²) in [5, 5.41) is 0.512. The van der Waals surface area contributed by atoms with Gasteiger partial charge in [0.2, 0.25) is 0 Å². The second kappa shape index (κ2) is 4.79. The lowest BCUT2D eigenvalue weighted by Crippen LogP contribution is -2.37. The number of anilines is 2. The SMILES string of the molecule is CC1OCCC1N(C)c1cc2nc[nH]c(=O)c2cc1N. The molecule has 1 saturated heterocycles. The maximum absolute atomic E-state index is 11.7. The Labute approximate surface area is 116 Å². The summed E-state index contributed by atoms with van der Waals surface area (Å²) in [5.41, 5.74) is 8.05. The first-order valence-corrected chi connectivity index (χ1v) is 6.69. The van der Waals surface area contributed by atoms with Crippen molar-refractivity contribution in [3.8, 4) is 0 Å². The van der Waals surface area contributed by atoms with E-state index in [0.717, 1.165) is 18.7 Å². The molecule has 2 aromatic rings. The number of H-pyrrole nitrogens is 1. The number of aromatic nitrogens is 2. The van der Waals surface area contributed by atoms with E-state index in [1.165, 1.54) is 6.33 Å². The van der Waals surface area contributed by atoms with Crippen molar-refractivity contribution in [2.75, 3.05) is 24.3 Å². The van der Waals surface area contributed by atoms with Gasteiger partial charge in [-0.25, -0.2) is 4.98 Å². The molecule has 6 nitrogen and oxygen atoms in total. The van der Waals surface area contributed by atoms with E-state index >= 15 is 0 Å². The third-order valence-electron chi connectivity index (χ3n) is 4.00. The van der Waals surface area contributed by atoms with Gasteiger partial charge in [-0.1, -0.05) is 0 Å². The lowest BCUT2D eigenvalue weighted by Gasteiger charge is -2.29. The zero-order valence-electron chi connectivity index (χ0n) is 11.6. The van der Waals surface area contributed by atoms with Gasteiger partial charge in [0.15, 0.2) is 0 Å². The molecule has 2 unspecified atom stereocenters. The molecule has 1 aromatic heterocycles. The van der Waals surface area contributed by atoms with Gasteiger partial charge in [-0.2, -0.15) is 0 Å². The van der Waals surface area contributed by atoms with Crippen LogP contribution in [0.4, 0.5) is 11.4 Å². The summed E-state index contributed by atoms with van der Waals surface area (Å²) >= 11 is 0. The predicted molar refractivity (Wildman–Crippen MR) is 79.0 cm³/mol. The van der Waals surface area contributed by atoms with Gasteiger partial charge in [-0.05, 0) is 25.5 Å². The van der Waals surface area contributed by atoms with Crippen molar-refractivity contribution in [2.24, 2.45) is 0 Å². The number of rotatable bonds is 2. The van der Waals surface area contributed by atoms with Crippen molar-refractivity contribution in [1.29, 1.82) is 0 Å². The highest BCUT2D eigenvalue weighted by atomic mass is 16.5. The van der Waals surface area contributed by atoms with E-state index < -0.39 is 0 Å². The Hall–Kier alpha value is -2.08. The first-order chi connectivity index (χ1) is 9.58. The van der Waals surface area contributed by atoms with E-state index in [1.807, 2.05) is 13.1 Å². The van der Waals surface area contributed by atoms with Gasteiger partial charge < -0.3 is 20.4 Å². The average molecular weight is 274 g/mol. The molecule has 2 heterocycles. The maximum atomic E-state index is 11.7. The summed E-state index contributed by atoms with van der Waals surface area (Å²) in [6.07, 6.45) is 2.55. The Kier molecular flexibility index (Phi) is 3.10. The zero-order valence-corrected chi connectivity index (χ0v) is 11.6. The molecule has 0 radical (unpaired) electrons. The molecule has 0 saturated carbocycles. The fraction of sp³-hybridized carbons (Fsp3) is 0.429. The number of aromatic amines is 1. The third kappa shape index (κ3) is 2.02. The average Bonchev–Trinajstić information content (AvgIpc) is 2.85. The van der Waals surface area contributed by atoms with E-state index in [4.69, 9.17) is 10.5 Å². The zero-order chi connectivity index (χ0) is 14.3. The molecule has 2 atom stereocenters.